The second-order valence-electron chi connectivity index (χ2n) is 9.71. The third-order valence-electron chi connectivity index (χ3n) is 6.68. The topological polar surface area (TPSA) is 88.5 Å². The average Bonchev–Trinajstić information content (AvgIpc) is 3.27. The Hall–Kier alpha value is -3.08. The van der Waals surface area contributed by atoms with Gasteiger partial charge in [0.25, 0.3) is 0 Å². The Morgan fingerprint density at radius 3 is 2.50 bits per heavy atom. The molecule has 194 valence electrons. The minimum absolute atomic E-state index is 0. The fourth-order valence-corrected chi connectivity index (χ4v) is 4.60. The number of amides is 2. The lowest BCUT2D eigenvalue weighted by Gasteiger charge is -2.30. The predicted octanol–water partition coefficient (Wildman–Crippen LogP) is 3.14. The molecule has 2 amide bonds. The van der Waals surface area contributed by atoms with E-state index in [1.807, 2.05) is 24.9 Å². The van der Waals surface area contributed by atoms with Crippen LogP contribution in [0.15, 0.2) is 36.4 Å². The standard InChI is InChI=1S/C28H37N5O2.ClH/c1-19(2)30-11-12-31-27(34)17-33(26-13-22(16-29)10-9-21(26)4)18-28(35)32(5)24-14-23-8-6-7-20(3)25(23)15-24;/h6-10,13,19,24,30H,11-12,14-15,17-18H2,1-5H3,(H,31,34);1H. The maximum atomic E-state index is 13.4. The Kier molecular flexibility index (Phi) is 10.8. The van der Waals surface area contributed by atoms with Gasteiger partial charge in [-0.05, 0) is 61.1 Å². The lowest BCUT2D eigenvalue weighted by atomic mass is 10.1. The van der Waals surface area contributed by atoms with Gasteiger partial charge in [-0.3, -0.25) is 9.59 Å². The first-order valence-electron chi connectivity index (χ1n) is 12.3. The number of fused-ring (bicyclic) bond motifs is 1. The summed E-state index contributed by atoms with van der Waals surface area (Å²) in [7, 11) is 1.85. The van der Waals surface area contributed by atoms with E-state index in [1.54, 1.807) is 17.0 Å². The van der Waals surface area contributed by atoms with E-state index in [-0.39, 0.29) is 43.4 Å². The number of aryl methyl sites for hydroxylation is 2. The molecule has 0 spiro atoms. The normalized spacial score (nSPS) is 14.0. The summed E-state index contributed by atoms with van der Waals surface area (Å²) in [5.74, 6) is -0.201. The van der Waals surface area contributed by atoms with Gasteiger partial charge in [0.2, 0.25) is 11.8 Å². The molecule has 1 aliphatic rings. The lowest BCUT2D eigenvalue weighted by molar-refractivity contribution is -0.130. The second-order valence-corrected chi connectivity index (χ2v) is 9.71. The molecule has 2 aromatic rings. The molecule has 0 saturated heterocycles. The van der Waals surface area contributed by atoms with Gasteiger partial charge < -0.3 is 20.4 Å². The average molecular weight is 512 g/mol. The van der Waals surface area contributed by atoms with Crippen LogP contribution < -0.4 is 15.5 Å². The van der Waals surface area contributed by atoms with Crippen molar-refractivity contribution in [3.63, 3.8) is 0 Å². The van der Waals surface area contributed by atoms with Gasteiger partial charge >= 0.3 is 0 Å². The molecule has 3 rings (SSSR count). The molecule has 0 saturated carbocycles. The van der Waals surface area contributed by atoms with Crippen LogP contribution in [0.2, 0.25) is 0 Å². The monoisotopic (exact) mass is 511 g/mol. The maximum absolute atomic E-state index is 13.4. The molecule has 0 fully saturated rings. The predicted molar refractivity (Wildman–Crippen MR) is 147 cm³/mol. The molecule has 36 heavy (non-hydrogen) atoms. The lowest BCUT2D eigenvalue weighted by Crippen LogP contribution is -2.47. The van der Waals surface area contributed by atoms with Crippen molar-refractivity contribution >= 4 is 29.9 Å². The molecule has 1 aliphatic carbocycles. The van der Waals surface area contributed by atoms with Crippen LogP contribution in [0.1, 0.15) is 41.7 Å². The second kappa shape index (κ2) is 13.3. The molecular formula is C28H38ClN5O2. The van der Waals surface area contributed by atoms with Crippen molar-refractivity contribution in [1.29, 1.82) is 5.26 Å². The van der Waals surface area contributed by atoms with E-state index in [9.17, 15) is 14.9 Å². The summed E-state index contributed by atoms with van der Waals surface area (Å²) >= 11 is 0. The van der Waals surface area contributed by atoms with Gasteiger partial charge in [-0.1, -0.05) is 38.1 Å². The smallest absolute Gasteiger partial charge is 0.242 e. The summed E-state index contributed by atoms with van der Waals surface area (Å²) in [4.78, 5) is 29.8. The molecule has 1 atom stereocenters. The van der Waals surface area contributed by atoms with E-state index >= 15 is 0 Å². The van der Waals surface area contributed by atoms with Crippen molar-refractivity contribution in [1.82, 2.24) is 15.5 Å². The van der Waals surface area contributed by atoms with Crippen molar-refractivity contribution in [3.05, 3.63) is 64.2 Å². The van der Waals surface area contributed by atoms with E-state index < -0.39 is 0 Å². The summed E-state index contributed by atoms with van der Waals surface area (Å²) in [6, 6.07) is 14.3. The summed E-state index contributed by atoms with van der Waals surface area (Å²) < 4.78 is 0. The largest absolute Gasteiger partial charge is 0.353 e. The highest BCUT2D eigenvalue weighted by atomic mass is 35.5. The molecule has 8 heteroatoms. The molecule has 2 N–H and O–H groups in total. The zero-order chi connectivity index (χ0) is 25.5. The van der Waals surface area contributed by atoms with Gasteiger partial charge in [-0.2, -0.15) is 5.26 Å². The van der Waals surface area contributed by atoms with Crippen molar-refractivity contribution in [3.8, 4) is 6.07 Å². The zero-order valence-electron chi connectivity index (χ0n) is 21.9. The fourth-order valence-electron chi connectivity index (χ4n) is 4.60. The minimum Gasteiger partial charge on any atom is -0.353 e. The van der Waals surface area contributed by atoms with Crippen LogP contribution in [0.3, 0.4) is 0 Å². The number of halogens is 1. The first-order valence-corrected chi connectivity index (χ1v) is 12.3. The van der Waals surface area contributed by atoms with Crippen LogP contribution in [0.4, 0.5) is 5.69 Å². The number of carbonyl (C=O) groups is 2. The van der Waals surface area contributed by atoms with Crippen LogP contribution in [0.25, 0.3) is 0 Å². The Morgan fingerprint density at radius 2 is 1.83 bits per heavy atom. The molecule has 2 aromatic carbocycles. The fraction of sp³-hybridized carbons (Fsp3) is 0.464. The first-order chi connectivity index (χ1) is 16.7. The Balaban J connectivity index is 0.00000456. The number of likely N-dealkylation sites (N-methyl/N-ethyl adjacent to an activating group) is 1. The van der Waals surface area contributed by atoms with Gasteiger partial charge in [0.05, 0.1) is 24.7 Å². The number of nitrogens with one attached hydrogen (secondary N) is 2. The summed E-state index contributed by atoms with van der Waals surface area (Å²) in [6.07, 6.45) is 1.68. The van der Waals surface area contributed by atoms with Crippen molar-refractivity contribution in [2.45, 2.75) is 52.6 Å². The van der Waals surface area contributed by atoms with Gasteiger partial charge in [0.15, 0.2) is 0 Å². The molecule has 0 aromatic heterocycles. The Bertz CT molecular complexity index is 1110. The van der Waals surface area contributed by atoms with E-state index in [4.69, 9.17) is 0 Å². The molecule has 0 heterocycles. The van der Waals surface area contributed by atoms with E-state index in [1.165, 1.54) is 16.7 Å². The van der Waals surface area contributed by atoms with Crippen LogP contribution in [-0.2, 0) is 22.4 Å². The summed E-state index contributed by atoms with van der Waals surface area (Å²) in [5, 5.41) is 15.6. The minimum atomic E-state index is -0.156. The SMILES string of the molecule is Cc1ccc(C#N)cc1N(CC(=O)NCCNC(C)C)CC(=O)N(C)C1Cc2cccc(C)c2C1.Cl. The molecule has 0 aliphatic heterocycles. The number of rotatable bonds is 10. The number of benzene rings is 2. The van der Waals surface area contributed by atoms with E-state index in [0.29, 0.717) is 24.7 Å². The van der Waals surface area contributed by atoms with Crippen LogP contribution in [-0.4, -0.2) is 62.0 Å². The van der Waals surface area contributed by atoms with Gasteiger partial charge in [0, 0.05) is 37.9 Å². The highest BCUT2D eigenvalue weighted by Gasteiger charge is 2.29. The van der Waals surface area contributed by atoms with Gasteiger partial charge in [-0.25, -0.2) is 0 Å². The number of anilines is 1. The number of nitriles is 1. The van der Waals surface area contributed by atoms with E-state index in [2.05, 4.69) is 55.7 Å². The number of hydrogen-bond acceptors (Lipinski definition) is 5. The quantitative estimate of drug-likeness (QED) is 0.478. The zero-order valence-corrected chi connectivity index (χ0v) is 22.7. The molecule has 0 radical (unpaired) electrons. The van der Waals surface area contributed by atoms with Gasteiger partial charge in [0.1, 0.15) is 0 Å². The van der Waals surface area contributed by atoms with Crippen molar-refractivity contribution in [2.24, 2.45) is 0 Å². The molecule has 0 bridgehead atoms. The van der Waals surface area contributed by atoms with E-state index in [0.717, 1.165) is 24.1 Å². The summed E-state index contributed by atoms with van der Waals surface area (Å²) in [5.41, 5.74) is 6.04. The van der Waals surface area contributed by atoms with Gasteiger partial charge in [-0.15, -0.1) is 12.4 Å². The Morgan fingerprint density at radius 1 is 1.08 bits per heavy atom. The van der Waals surface area contributed by atoms with Crippen LogP contribution in [0.5, 0.6) is 0 Å². The van der Waals surface area contributed by atoms with Crippen LogP contribution in [0, 0.1) is 25.2 Å². The molecule has 7 nitrogen and oxygen atoms in total. The highest BCUT2D eigenvalue weighted by molar-refractivity contribution is 5.87. The third-order valence-corrected chi connectivity index (χ3v) is 6.68. The number of nitrogens with zero attached hydrogens (tertiary/aromatic N) is 3. The number of carbonyl (C=O) groups excluding carboxylic acids is 2. The van der Waals surface area contributed by atoms with Crippen molar-refractivity contribution in [2.75, 3.05) is 38.1 Å². The van der Waals surface area contributed by atoms with Crippen molar-refractivity contribution < 1.29 is 9.59 Å². The Labute approximate surface area is 221 Å². The summed E-state index contributed by atoms with van der Waals surface area (Å²) in [6.45, 7) is 9.45. The highest BCUT2D eigenvalue weighted by Crippen LogP contribution is 2.28. The first kappa shape index (κ1) is 29.2. The maximum Gasteiger partial charge on any atom is 0.242 e. The molecular weight excluding hydrogens is 474 g/mol. The number of hydrogen-bond donors (Lipinski definition) is 2. The molecule has 1 unspecified atom stereocenters. The third kappa shape index (κ3) is 7.46. The van der Waals surface area contributed by atoms with Crippen LogP contribution >= 0.6 is 12.4 Å².